The molecule has 2 aromatic rings. The summed E-state index contributed by atoms with van der Waals surface area (Å²) < 4.78 is 2.37. The summed E-state index contributed by atoms with van der Waals surface area (Å²) in [6.45, 7) is 2.95. The highest BCUT2D eigenvalue weighted by molar-refractivity contribution is 7.15. The van der Waals surface area contributed by atoms with E-state index in [0.29, 0.717) is 6.04 Å². The molecule has 1 fully saturated rings. The second-order valence-electron chi connectivity index (χ2n) is 8.28. The minimum Gasteiger partial charge on any atom is -0.335 e. The smallest absolute Gasteiger partial charge is 0.318 e. The average molecular weight is 384 g/mol. The number of nitrogens with one attached hydrogen (secondary N) is 1. The molecule has 0 spiro atoms. The lowest BCUT2D eigenvalue weighted by Gasteiger charge is -2.31. The molecule has 3 aliphatic rings. The molecule has 1 aliphatic heterocycles. The molecule has 2 amide bonds. The van der Waals surface area contributed by atoms with Gasteiger partial charge in [0, 0.05) is 28.4 Å². The van der Waals surface area contributed by atoms with E-state index in [-0.39, 0.29) is 12.1 Å². The van der Waals surface area contributed by atoms with Crippen LogP contribution in [0.1, 0.15) is 79.6 Å². The number of aromatic nitrogens is 1. The summed E-state index contributed by atoms with van der Waals surface area (Å²) in [6.07, 6.45) is 12.8. The molecular formula is C22H29N3OS. The van der Waals surface area contributed by atoms with E-state index in [0.717, 1.165) is 25.8 Å². The normalized spacial score (nSPS) is 22.1. The van der Waals surface area contributed by atoms with E-state index >= 15 is 0 Å². The molecule has 1 saturated carbocycles. The van der Waals surface area contributed by atoms with Crippen molar-refractivity contribution in [1.82, 2.24) is 14.8 Å². The quantitative estimate of drug-likeness (QED) is 0.747. The molecule has 0 radical (unpaired) electrons. The van der Waals surface area contributed by atoms with E-state index in [1.807, 2.05) is 11.3 Å². The second kappa shape index (κ2) is 7.01. The standard InChI is InChI=1S/C22H29N3OS/c1-2-18-19-11-7-13-24(19)21-17(16-10-5-6-12-20(16)27-21)14-25(18)22(26)23-15-8-3-4-9-15/h7,11,13,15,18H,2-6,8-10,12,14H2,1H3,(H,23,26)/t18-/m0/s1. The summed E-state index contributed by atoms with van der Waals surface area (Å²) in [5, 5.41) is 4.71. The summed E-state index contributed by atoms with van der Waals surface area (Å²) in [6, 6.07) is 4.97. The van der Waals surface area contributed by atoms with Gasteiger partial charge in [0.2, 0.25) is 0 Å². The molecule has 2 aromatic heterocycles. The van der Waals surface area contributed by atoms with Gasteiger partial charge in [-0.1, -0.05) is 19.8 Å². The fourth-order valence-corrected chi connectivity index (χ4v) is 6.64. The predicted octanol–water partition coefficient (Wildman–Crippen LogP) is 5.34. The van der Waals surface area contributed by atoms with Crippen molar-refractivity contribution in [2.24, 2.45) is 0 Å². The fraction of sp³-hybridized carbons (Fsp3) is 0.591. The van der Waals surface area contributed by atoms with Gasteiger partial charge >= 0.3 is 6.03 Å². The third kappa shape index (κ3) is 2.91. The van der Waals surface area contributed by atoms with Crippen LogP contribution >= 0.6 is 11.3 Å². The molecule has 5 heteroatoms. The lowest BCUT2D eigenvalue weighted by molar-refractivity contribution is 0.164. The van der Waals surface area contributed by atoms with Gasteiger partial charge in [-0.3, -0.25) is 0 Å². The Morgan fingerprint density at radius 2 is 2.00 bits per heavy atom. The van der Waals surface area contributed by atoms with E-state index in [1.54, 1.807) is 4.88 Å². The number of thiophene rings is 1. The first kappa shape index (κ1) is 17.4. The van der Waals surface area contributed by atoms with Gasteiger partial charge in [0.05, 0.1) is 12.6 Å². The van der Waals surface area contributed by atoms with Gasteiger partial charge < -0.3 is 14.8 Å². The Balaban J connectivity index is 1.56. The summed E-state index contributed by atoms with van der Waals surface area (Å²) in [4.78, 5) is 17.0. The summed E-state index contributed by atoms with van der Waals surface area (Å²) in [5.74, 6) is 0. The van der Waals surface area contributed by atoms with Crippen LogP contribution in [-0.2, 0) is 19.4 Å². The zero-order valence-corrected chi connectivity index (χ0v) is 17.0. The lowest BCUT2D eigenvalue weighted by Crippen LogP contribution is -2.45. The van der Waals surface area contributed by atoms with Crippen LogP contribution in [0.2, 0.25) is 0 Å². The topological polar surface area (TPSA) is 37.3 Å². The minimum atomic E-state index is 0.130. The SMILES string of the molecule is CC[C@H]1c2cccn2-c2sc3c(c2CN1C(=O)NC1CCCC1)CCCC3. The number of rotatable bonds is 2. The maximum absolute atomic E-state index is 13.3. The highest BCUT2D eigenvalue weighted by Gasteiger charge is 2.35. The van der Waals surface area contributed by atoms with E-state index in [4.69, 9.17) is 0 Å². The first-order chi connectivity index (χ1) is 13.3. The molecule has 144 valence electrons. The van der Waals surface area contributed by atoms with Crippen molar-refractivity contribution in [1.29, 1.82) is 0 Å². The molecule has 3 heterocycles. The third-order valence-electron chi connectivity index (χ3n) is 6.64. The van der Waals surface area contributed by atoms with Gasteiger partial charge in [0.1, 0.15) is 5.00 Å². The summed E-state index contributed by atoms with van der Waals surface area (Å²) in [7, 11) is 0. The summed E-state index contributed by atoms with van der Waals surface area (Å²) in [5.41, 5.74) is 4.21. The summed E-state index contributed by atoms with van der Waals surface area (Å²) >= 11 is 1.96. The number of carbonyl (C=O) groups is 1. The number of urea groups is 1. The van der Waals surface area contributed by atoms with Gasteiger partial charge in [-0.05, 0) is 62.6 Å². The third-order valence-corrected chi connectivity index (χ3v) is 7.97. The van der Waals surface area contributed by atoms with Crippen LogP contribution in [0.15, 0.2) is 18.3 Å². The van der Waals surface area contributed by atoms with Crippen molar-refractivity contribution in [3.05, 3.63) is 40.0 Å². The highest BCUT2D eigenvalue weighted by Crippen LogP contribution is 2.43. The van der Waals surface area contributed by atoms with Gasteiger partial charge in [-0.25, -0.2) is 4.79 Å². The molecule has 0 bridgehead atoms. The minimum absolute atomic E-state index is 0.130. The van der Waals surface area contributed by atoms with Crippen LogP contribution in [-0.4, -0.2) is 21.5 Å². The van der Waals surface area contributed by atoms with Crippen LogP contribution in [0.25, 0.3) is 5.00 Å². The van der Waals surface area contributed by atoms with Crippen molar-refractivity contribution < 1.29 is 4.79 Å². The zero-order chi connectivity index (χ0) is 18.4. The Bertz CT molecular complexity index is 846. The van der Waals surface area contributed by atoms with Crippen molar-refractivity contribution in [2.75, 3.05) is 0 Å². The molecule has 0 unspecified atom stereocenters. The van der Waals surface area contributed by atoms with Crippen molar-refractivity contribution >= 4 is 17.4 Å². The monoisotopic (exact) mass is 383 g/mol. The molecule has 1 atom stereocenters. The Morgan fingerprint density at radius 3 is 2.81 bits per heavy atom. The molecule has 0 saturated heterocycles. The second-order valence-corrected chi connectivity index (χ2v) is 9.36. The molecule has 27 heavy (non-hydrogen) atoms. The number of hydrogen-bond donors (Lipinski definition) is 1. The lowest BCUT2D eigenvalue weighted by atomic mass is 9.95. The molecular weight excluding hydrogens is 354 g/mol. The number of nitrogens with zero attached hydrogens (tertiary/aromatic N) is 2. The maximum atomic E-state index is 13.3. The largest absolute Gasteiger partial charge is 0.335 e. The van der Waals surface area contributed by atoms with E-state index < -0.39 is 0 Å². The van der Waals surface area contributed by atoms with E-state index in [9.17, 15) is 4.79 Å². The molecule has 5 rings (SSSR count). The van der Waals surface area contributed by atoms with Gasteiger partial charge in [-0.15, -0.1) is 11.3 Å². The Morgan fingerprint density at radius 1 is 1.19 bits per heavy atom. The van der Waals surface area contributed by atoms with Crippen LogP contribution in [0.5, 0.6) is 0 Å². The number of amides is 2. The number of aryl methyl sites for hydroxylation is 1. The highest BCUT2D eigenvalue weighted by atomic mass is 32.1. The van der Waals surface area contributed by atoms with E-state index in [1.165, 1.54) is 60.3 Å². The zero-order valence-electron chi connectivity index (χ0n) is 16.2. The first-order valence-corrected chi connectivity index (χ1v) is 11.5. The van der Waals surface area contributed by atoms with Crippen molar-refractivity contribution in [3.8, 4) is 5.00 Å². The number of hydrogen-bond acceptors (Lipinski definition) is 2. The fourth-order valence-electron chi connectivity index (χ4n) is 5.24. The Hall–Kier alpha value is -1.75. The number of carbonyl (C=O) groups excluding carboxylic acids is 1. The average Bonchev–Trinajstić information content (AvgIpc) is 3.40. The molecule has 4 nitrogen and oxygen atoms in total. The van der Waals surface area contributed by atoms with Crippen molar-refractivity contribution in [3.63, 3.8) is 0 Å². The molecule has 2 aliphatic carbocycles. The predicted molar refractivity (Wildman–Crippen MR) is 110 cm³/mol. The molecule has 1 N–H and O–H groups in total. The first-order valence-electron chi connectivity index (χ1n) is 10.6. The maximum Gasteiger partial charge on any atom is 0.318 e. The van der Waals surface area contributed by atoms with Crippen LogP contribution in [0.3, 0.4) is 0 Å². The molecule has 0 aromatic carbocycles. The Labute approximate surface area is 165 Å². The Kier molecular flexibility index (Phi) is 4.50. The van der Waals surface area contributed by atoms with Gasteiger partial charge in [0.15, 0.2) is 0 Å². The van der Waals surface area contributed by atoms with Gasteiger partial charge in [-0.2, -0.15) is 0 Å². The van der Waals surface area contributed by atoms with Crippen LogP contribution < -0.4 is 5.32 Å². The van der Waals surface area contributed by atoms with Gasteiger partial charge in [0.25, 0.3) is 0 Å². The number of fused-ring (bicyclic) bond motifs is 5. The van der Waals surface area contributed by atoms with E-state index in [2.05, 4.69) is 40.0 Å². The van der Waals surface area contributed by atoms with Crippen LogP contribution in [0, 0.1) is 0 Å². The van der Waals surface area contributed by atoms with Crippen LogP contribution in [0.4, 0.5) is 4.79 Å². The van der Waals surface area contributed by atoms with Crippen molar-refractivity contribution in [2.45, 2.75) is 83.3 Å².